The zero-order chi connectivity index (χ0) is 22.0. The maximum Gasteiger partial charge on any atom is 0.378 e. The summed E-state index contributed by atoms with van der Waals surface area (Å²) < 4.78 is 22.4. The molecule has 0 saturated carbocycles. The Morgan fingerprint density at radius 1 is 0.625 bits per heavy atom. The van der Waals surface area contributed by atoms with Crippen molar-refractivity contribution in [3.63, 3.8) is 0 Å². The molecule has 2 atom stereocenters. The second kappa shape index (κ2) is 8.37. The zero-order valence-corrected chi connectivity index (χ0v) is 18.1. The van der Waals surface area contributed by atoms with Gasteiger partial charge in [-0.15, -0.1) is 0 Å². The van der Waals surface area contributed by atoms with E-state index in [4.69, 9.17) is 4.52 Å². The summed E-state index contributed by atoms with van der Waals surface area (Å²) in [4.78, 5) is 15.5. The number of urea groups is 1. The van der Waals surface area contributed by atoms with E-state index in [1.165, 1.54) is 4.67 Å². The van der Waals surface area contributed by atoms with Crippen LogP contribution in [-0.4, -0.2) is 6.03 Å². The van der Waals surface area contributed by atoms with Gasteiger partial charge < -0.3 is 4.52 Å². The fourth-order valence-electron chi connectivity index (χ4n) is 3.95. The van der Waals surface area contributed by atoms with Crippen molar-refractivity contribution in [3.8, 4) is 5.75 Å². The predicted molar refractivity (Wildman–Crippen MR) is 127 cm³/mol. The maximum atomic E-state index is 14.9. The van der Waals surface area contributed by atoms with Gasteiger partial charge in [0.25, 0.3) is 0 Å². The van der Waals surface area contributed by atoms with Crippen molar-refractivity contribution < 1.29 is 13.9 Å². The van der Waals surface area contributed by atoms with Crippen LogP contribution in [0.15, 0.2) is 121 Å². The van der Waals surface area contributed by atoms with Gasteiger partial charge in [-0.3, -0.25) is 9.46 Å². The first kappa shape index (κ1) is 20.1. The number of nitrogens with zero attached hydrogens (tertiary/aromatic N) is 2. The minimum Gasteiger partial charge on any atom is -0.427 e. The van der Waals surface area contributed by atoms with Gasteiger partial charge in [0.2, 0.25) is 0 Å². The van der Waals surface area contributed by atoms with E-state index < -0.39 is 19.3 Å². The third-order valence-corrected chi connectivity index (χ3v) is 7.91. The number of benzene rings is 4. The normalized spacial score (nSPS) is 20.4. The fraction of sp³-hybridized carbons (Fsp3) is 0.0385. The summed E-state index contributed by atoms with van der Waals surface area (Å²) in [6.45, 7) is 0. The summed E-state index contributed by atoms with van der Waals surface area (Å²) in [5.41, 5.74) is 1.92. The van der Waals surface area contributed by atoms with Crippen molar-refractivity contribution in [1.82, 2.24) is 0 Å². The van der Waals surface area contributed by atoms with Crippen LogP contribution in [0.1, 0.15) is 11.3 Å². The molecule has 1 aliphatic heterocycles. The van der Waals surface area contributed by atoms with Gasteiger partial charge in [-0.25, -0.2) is 9.46 Å². The molecule has 158 valence electrons. The Morgan fingerprint density at radius 2 is 1.09 bits per heavy atom. The van der Waals surface area contributed by atoms with Crippen LogP contribution in [0.3, 0.4) is 0 Å². The van der Waals surface area contributed by atoms with Gasteiger partial charge in [0.1, 0.15) is 5.75 Å². The SMILES string of the molecule is O=C1N(c2ccccc2)C(c2ccccc2)P(=O)(Oc2ccccc2)N1c1ccccc1. The quantitative estimate of drug-likeness (QED) is 0.311. The first-order chi connectivity index (χ1) is 15.7. The van der Waals surface area contributed by atoms with E-state index in [2.05, 4.69) is 0 Å². The molecule has 2 amide bonds. The molecule has 5 rings (SSSR count). The number of hydrogen-bond donors (Lipinski definition) is 0. The molecule has 5 nitrogen and oxygen atoms in total. The minimum absolute atomic E-state index is 0.393. The molecule has 2 unspecified atom stereocenters. The Hall–Kier alpha value is -3.82. The lowest BCUT2D eigenvalue weighted by atomic mass is 10.2. The number of carbonyl (C=O) groups is 1. The standard InChI is InChI=1S/C26H21N2O3P/c29-26-27(22-15-7-2-8-16-22)25(21-13-5-1-6-14-21)32(30,31-24-19-11-4-12-20-24)28(26)23-17-9-3-10-18-23/h1-20,25H. The first-order valence-corrected chi connectivity index (χ1v) is 12.0. The van der Waals surface area contributed by atoms with Crippen LogP contribution in [0, 0.1) is 0 Å². The Kier molecular flexibility index (Phi) is 5.26. The Morgan fingerprint density at radius 3 is 1.66 bits per heavy atom. The number of amides is 2. The van der Waals surface area contributed by atoms with E-state index in [9.17, 15) is 9.36 Å². The highest BCUT2D eigenvalue weighted by Gasteiger charge is 2.59. The van der Waals surface area contributed by atoms with E-state index in [0.29, 0.717) is 17.1 Å². The number of anilines is 2. The molecule has 1 fully saturated rings. The Labute approximate surface area is 187 Å². The summed E-state index contributed by atoms with van der Waals surface area (Å²) >= 11 is 0. The van der Waals surface area contributed by atoms with Crippen molar-refractivity contribution in [2.75, 3.05) is 9.57 Å². The summed E-state index contributed by atoms with van der Waals surface area (Å²) in [6, 6.07) is 36.3. The van der Waals surface area contributed by atoms with E-state index in [-0.39, 0.29) is 0 Å². The highest BCUT2D eigenvalue weighted by atomic mass is 31.2. The van der Waals surface area contributed by atoms with Crippen LogP contribution in [0.4, 0.5) is 16.2 Å². The minimum atomic E-state index is -3.82. The number of rotatable bonds is 5. The van der Waals surface area contributed by atoms with Crippen molar-refractivity contribution in [2.24, 2.45) is 0 Å². The van der Waals surface area contributed by atoms with Gasteiger partial charge in [0.05, 0.1) is 5.69 Å². The summed E-state index contributed by atoms with van der Waals surface area (Å²) in [6.07, 6.45) is 0. The smallest absolute Gasteiger partial charge is 0.378 e. The molecular weight excluding hydrogens is 419 g/mol. The van der Waals surface area contributed by atoms with Gasteiger partial charge in [0, 0.05) is 5.69 Å². The lowest BCUT2D eigenvalue weighted by molar-refractivity contribution is 0.255. The first-order valence-electron chi connectivity index (χ1n) is 10.3. The summed E-state index contributed by atoms with van der Waals surface area (Å²) in [5.74, 6) is -0.376. The zero-order valence-electron chi connectivity index (χ0n) is 17.2. The van der Waals surface area contributed by atoms with Gasteiger partial charge in [-0.1, -0.05) is 84.9 Å². The van der Waals surface area contributed by atoms with Gasteiger partial charge in [-0.2, -0.15) is 0 Å². The van der Waals surface area contributed by atoms with Crippen molar-refractivity contribution >= 4 is 24.9 Å². The highest BCUT2D eigenvalue weighted by molar-refractivity contribution is 7.63. The summed E-state index contributed by atoms with van der Waals surface area (Å²) in [7, 11) is -3.82. The molecule has 0 aromatic heterocycles. The molecule has 1 heterocycles. The second-order valence-corrected chi connectivity index (χ2v) is 9.59. The van der Waals surface area contributed by atoms with Crippen molar-refractivity contribution in [3.05, 3.63) is 127 Å². The van der Waals surface area contributed by atoms with E-state index in [1.54, 1.807) is 29.2 Å². The maximum absolute atomic E-state index is 14.9. The van der Waals surface area contributed by atoms with Crippen LogP contribution in [0.5, 0.6) is 5.75 Å². The molecule has 4 aromatic carbocycles. The van der Waals surface area contributed by atoms with E-state index in [1.807, 2.05) is 97.1 Å². The van der Waals surface area contributed by atoms with E-state index in [0.717, 1.165) is 5.56 Å². The predicted octanol–water partition coefficient (Wildman–Crippen LogP) is 7.10. The van der Waals surface area contributed by atoms with Crippen LogP contribution < -0.4 is 14.1 Å². The molecule has 0 spiro atoms. The molecule has 6 heteroatoms. The third-order valence-electron chi connectivity index (χ3n) is 5.33. The second-order valence-electron chi connectivity index (χ2n) is 7.39. The fourth-order valence-corrected chi connectivity index (χ4v) is 6.63. The topological polar surface area (TPSA) is 49.9 Å². The average Bonchev–Trinajstić information content (AvgIpc) is 3.07. The average molecular weight is 440 g/mol. The van der Waals surface area contributed by atoms with Gasteiger partial charge in [0.15, 0.2) is 5.78 Å². The molecule has 0 bridgehead atoms. The largest absolute Gasteiger partial charge is 0.427 e. The molecule has 0 N–H and O–H groups in total. The van der Waals surface area contributed by atoms with E-state index >= 15 is 0 Å². The number of para-hydroxylation sites is 3. The monoisotopic (exact) mass is 440 g/mol. The van der Waals surface area contributed by atoms with Gasteiger partial charge in [-0.05, 0) is 42.0 Å². The highest BCUT2D eigenvalue weighted by Crippen LogP contribution is 2.69. The molecule has 1 aliphatic rings. The molecular formula is C26H21N2O3P. The van der Waals surface area contributed by atoms with Crippen LogP contribution in [0.2, 0.25) is 0 Å². The number of carbonyl (C=O) groups excluding carboxylic acids is 1. The molecule has 0 aliphatic carbocycles. The molecule has 1 saturated heterocycles. The van der Waals surface area contributed by atoms with Gasteiger partial charge >= 0.3 is 13.6 Å². The Balaban J connectivity index is 1.75. The van der Waals surface area contributed by atoms with Crippen LogP contribution in [0.25, 0.3) is 0 Å². The molecule has 32 heavy (non-hydrogen) atoms. The third kappa shape index (κ3) is 3.47. The molecule has 0 radical (unpaired) electrons. The summed E-state index contributed by atoms with van der Waals surface area (Å²) in [5, 5.41) is 0. The lowest BCUT2D eigenvalue weighted by Crippen LogP contribution is -2.32. The lowest BCUT2D eigenvalue weighted by Gasteiger charge is -2.28. The number of hydrogen-bond acceptors (Lipinski definition) is 3. The van der Waals surface area contributed by atoms with Crippen molar-refractivity contribution in [1.29, 1.82) is 0 Å². The van der Waals surface area contributed by atoms with Crippen molar-refractivity contribution in [2.45, 2.75) is 5.78 Å². The van der Waals surface area contributed by atoms with Crippen LogP contribution >= 0.6 is 7.52 Å². The van der Waals surface area contributed by atoms with Crippen LogP contribution in [-0.2, 0) is 4.57 Å². The Bertz CT molecular complexity index is 1250. The molecule has 4 aromatic rings.